The summed E-state index contributed by atoms with van der Waals surface area (Å²) in [5.74, 6) is 0.856. The lowest BCUT2D eigenvalue weighted by atomic mass is 10.0. The van der Waals surface area contributed by atoms with Crippen molar-refractivity contribution in [3.05, 3.63) is 65.7 Å². The van der Waals surface area contributed by atoms with Gasteiger partial charge in [-0.1, -0.05) is 48.5 Å². The summed E-state index contributed by atoms with van der Waals surface area (Å²) in [6.45, 7) is 5.62. The molecule has 1 heterocycles. The van der Waals surface area contributed by atoms with E-state index in [0.29, 0.717) is 19.8 Å². The molecular formula is C20H25NO3. The molecule has 1 fully saturated rings. The van der Waals surface area contributed by atoms with E-state index in [9.17, 15) is 0 Å². The van der Waals surface area contributed by atoms with Gasteiger partial charge < -0.3 is 19.5 Å². The number of morpholine rings is 1. The molecule has 3 rings (SSSR count). The van der Waals surface area contributed by atoms with Crippen LogP contribution >= 0.6 is 0 Å². The van der Waals surface area contributed by atoms with Crippen molar-refractivity contribution in [2.75, 3.05) is 26.3 Å². The van der Waals surface area contributed by atoms with Gasteiger partial charge in [-0.25, -0.2) is 0 Å². The third-order valence-electron chi connectivity index (χ3n) is 4.11. The molecule has 0 unspecified atom stereocenters. The summed E-state index contributed by atoms with van der Waals surface area (Å²) in [5, 5.41) is 3.39. The van der Waals surface area contributed by atoms with Crippen LogP contribution < -0.4 is 10.1 Å². The molecule has 24 heavy (non-hydrogen) atoms. The summed E-state index contributed by atoms with van der Waals surface area (Å²) in [7, 11) is 0. The number of hydrogen-bond acceptors (Lipinski definition) is 4. The molecule has 0 saturated carbocycles. The summed E-state index contributed by atoms with van der Waals surface area (Å²) in [4.78, 5) is 0. The van der Waals surface area contributed by atoms with Crippen LogP contribution in [0.15, 0.2) is 54.6 Å². The van der Waals surface area contributed by atoms with Crippen LogP contribution in [0.1, 0.15) is 24.2 Å². The number of ether oxygens (including phenoxy) is 3. The van der Waals surface area contributed by atoms with E-state index >= 15 is 0 Å². The van der Waals surface area contributed by atoms with Gasteiger partial charge in [0.25, 0.3) is 0 Å². The topological polar surface area (TPSA) is 39.7 Å². The third kappa shape index (κ3) is 4.35. The van der Waals surface area contributed by atoms with Gasteiger partial charge in [0.1, 0.15) is 11.9 Å². The molecule has 1 aliphatic heterocycles. The second kappa shape index (κ2) is 8.83. The van der Waals surface area contributed by atoms with E-state index < -0.39 is 0 Å². The minimum atomic E-state index is -0.151. The highest BCUT2D eigenvalue weighted by Crippen LogP contribution is 2.30. The van der Waals surface area contributed by atoms with Crippen molar-refractivity contribution in [1.29, 1.82) is 0 Å². The lowest BCUT2D eigenvalue weighted by Gasteiger charge is -2.32. The molecule has 1 N–H and O–H groups in total. The minimum Gasteiger partial charge on any atom is -0.483 e. The van der Waals surface area contributed by atoms with Crippen LogP contribution in [-0.2, 0) is 16.1 Å². The monoisotopic (exact) mass is 327 g/mol. The summed E-state index contributed by atoms with van der Waals surface area (Å²) >= 11 is 0. The largest absolute Gasteiger partial charge is 0.483 e. The second-order valence-electron chi connectivity index (χ2n) is 5.81. The van der Waals surface area contributed by atoms with E-state index in [1.54, 1.807) is 0 Å². The molecule has 2 aromatic rings. The first-order valence-corrected chi connectivity index (χ1v) is 8.58. The first-order valence-electron chi connectivity index (χ1n) is 8.58. The maximum atomic E-state index is 6.42. The van der Waals surface area contributed by atoms with Crippen LogP contribution in [-0.4, -0.2) is 32.4 Å². The van der Waals surface area contributed by atoms with Gasteiger partial charge in [0.2, 0.25) is 0 Å². The van der Waals surface area contributed by atoms with Gasteiger partial charge in [-0.3, -0.25) is 0 Å². The van der Waals surface area contributed by atoms with Gasteiger partial charge in [0, 0.05) is 25.3 Å². The molecule has 128 valence electrons. The third-order valence-corrected chi connectivity index (χ3v) is 4.11. The normalized spacial score (nSPS) is 19.0. The lowest BCUT2D eigenvalue weighted by molar-refractivity contribution is -0.0439. The van der Waals surface area contributed by atoms with Crippen molar-refractivity contribution in [1.82, 2.24) is 5.32 Å². The molecule has 2 atom stereocenters. The molecule has 0 aliphatic carbocycles. The smallest absolute Gasteiger partial charge is 0.151 e. The number of rotatable bonds is 7. The Morgan fingerprint density at radius 1 is 1.12 bits per heavy atom. The highest BCUT2D eigenvalue weighted by molar-refractivity contribution is 5.34. The summed E-state index contributed by atoms with van der Waals surface area (Å²) in [6.07, 6.45) is -0.164. The predicted molar refractivity (Wildman–Crippen MR) is 94.2 cm³/mol. The zero-order valence-corrected chi connectivity index (χ0v) is 14.1. The molecule has 4 nitrogen and oxygen atoms in total. The van der Waals surface area contributed by atoms with Gasteiger partial charge in [0.15, 0.2) is 6.10 Å². The molecular weight excluding hydrogens is 302 g/mol. The van der Waals surface area contributed by atoms with E-state index in [1.807, 2.05) is 49.4 Å². The average molecular weight is 327 g/mol. The Kier molecular flexibility index (Phi) is 6.24. The quantitative estimate of drug-likeness (QED) is 0.847. The zero-order chi connectivity index (χ0) is 16.6. The summed E-state index contributed by atoms with van der Waals surface area (Å²) < 4.78 is 18.0. The lowest BCUT2D eigenvalue weighted by Crippen LogP contribution is -2.43. The van der Waals surface area contributed by atoms with Gasteiger partial charge in [-0.2, -0.15) is 0 Å². The van der Waals surface area contributed by atoms with Crippen LogP contribution in [0.5, 0.6) is 5.75 Å². The van der Waals surface area contributed by atoms with Crippen molar-refractivity contribution in [2.45, 2.75) is 25.7 Å². The molecule has 1 saturated heterocycles. The molecule has 0 bridgehead atoms. The number of benzene rings is 2. The fourth-order valence-electron chi connectivity index (χ4n) is 2.87. The van der Waals surface area contributed by atoms with E-state index in [1.165, 1.54) is 0 Å². The fraction of sp³-hybridized carbons (Fsp3) is 0.400. The van der Waals surface area contributed by atoms with Crippen LogP contribution in [0.25, 0.3) is 0 Å². The minimum absolute atomic E-state index is 0.0127. The van der Waals surface area contributed by atoms with Crippen molar-refractivity contribution in [3.8, 4) is 5.75 Å². The standard InChI is InChI=1S/C20H25NO3/c1-2-22-15-17-10-6-7-11-18(17)24-20(16-8-4-3-5-9-16)19-14-21-12-13-23-19/h3-11,19-21H,2,12-15H2,1H3/t19-,20-/m0/s1. The molecule has 0 radical (unpaired) electrons. The second-order valence-corrected chi connectivity index (χ2v) is 5.81. The molecule has 4 heteroatoms. The molecule has 0 aromatic heterocycles. The summed E-state index contributed by atoms with van der Waals surface area (Å²) in [5.41, 5.74) is 2.18. The van der Waals surface area contributed by atoms with E-state index in [2.05, 4.69) is 17.4 Å². The molecule has 0 amide bonds. The van der Waals surface area contributed by atoms with Crippen LogP contribution in [0, 0.1) is 0 Å². The van der Waals surface area contributed by atoms with Gasteiger partial charge in [-0.05, 0) is 18.6 Å². The average Bonchev–Trinajstić information content (AvgIpc) is 2.66. The zero-order valence-electron chi connectivity index (χ0n) is 14.1. The molecule has 0 spiro atoms. The van der Waals surface area contributed by atoms with E-state index in [4.69, 9.17) is 14.2 Å². The summed E-state index contributed by atoms with van der Waals surface area (Å²) in [6, 6.07) is 18.3. The first-order chi connectivity index (χ1) is 11.9. The number of para-hydroxylation sites is 1. The van der Waals surface area contributed by atoms with Crippen LogP contribution in [0.2, 0.25) is 0 Å². The Bertz CT molecular complexity index is 611. The van der Waals surface area contributed by atoms with Crippen molar-refractivity contribution in [2.24, 2.45) is 0 Å². The Morgan fingerprint density at radius 2 is 1.92 bits per heavy atom. The molecule has 1 aliphatic rings. The van der Waals surface area contributed by atoms with E-state index in [-0.39, 0.29) is 12.2 Å². The van der Waals surface area contributed by atoms with Crippen molar-refractivity contribution in [3.63, 3.8) is 0 Å². The number of hydrogen-bond donors (Lipinski definition) is 1. The van der Waals surface area contributed by atoms with E-state index in [0.717, 1.165) is 30.0 Å². The van der Waals surface area contributed by atoms with Gasteiger partial charge in [0.05, 0.1) is 13.2 Å². The first kappa shape index (κ1) is 17.0. The van der Waals surface area contributed by atoms with Crippen LogP contribution in [0.3, 0.4) is 0 Å². The SMILES string of the molecule is CCOCc1ccccc1O[C@@H](c1ccccc1)[C@@H]1CNCCO1. The van der Waals surface area contributed by atoms with Gasteiger partial charge in [-0.15, -0.1) is 0 Å². The number of nitrogens with one attached hydrogen (secondary N) is 1. The fourth-order valence-corrected chi connectivity index (χ4v) is 2.87. The Balaban J connectivity index is 1.84. The van der Waals surface area contributed by atoms with Crippen molar-refractivity contribution < 1.29 is 14.2 Å². The maximum absolute atomic E-state index is 6.42. The van der Waals surface area contributed by atoms with Crippen LogP contribution in [0.4, 0.5) is 0 Å². The van der Waals surface area contributed by atoms with Crippen molar-refractivity contribution >= 4 is 0 Å². The maximum Gasteiger partial charge on any atom is 0.151 e. The Hall–Kier alpha value is -1.88. The highest BCUT2D eigenvalue weighted by Gasteiger charge is 2.28. The Labute approximate surface area is 143 Å². The molecule has 2 aromatic carbocycles. The highest BCUT2D eigenvalue weighted by atomic mass is 16.5. The predicted octanol–water partition coefficient (Wildman–Crippen LogP) is 3.33. The Morgan fingerprint density at radius 3 is 2.67 bits per heavy atom. The van der Waals surface area contributed by atoms with Gasteiger partial charge >= 0.3 is 0 Å².